The van der Waals surface area contributed by atoms with E-state index in [1.54, 1.807) is 0 Å². The Balaban J connectivity index is 1.43. The molecule has 0 spiro atoms. The summed E-state index contributed by atoms with van der Waals surface area (Å²) in [4.78, 5) is 20.0. The van der Waals surface area contributed by atoms with Crippen LogP contribution in [-0.2, 0) is 16.8 Å². The lowest BCUT2D eigenvalue weighted by Crippen LogP contribution is -2.42. The number of carbonyl (C=O) groups excluding carboxylic acids is 1. The van der Waals surface area contributed by atoms with Crippen molar-refractivity contribution in [3.05, 3.63) is 58.7 Å². The van der Waals surface area contributed by atoms with Gasteiger partial charge in [-0.05, 0) is 55.0 Å². The van der Waals surface area contributed by atoms with Crippen molar-refractivity contribution < 1.29 is 4.79 Å². The molecule has 27 heavy (non-hydrogen) atoms. The number of nitrogens with zero attached hydrogens (tertiary/aromatic N) is 2. The molecule has 1 saturated carbocycles. The van der Waals surface area contributed by atoms with Crippen LogP contribution in [0, 0.1) is 0 Å². The molecule has 1 aromatic heterocycles. The van der Waals surface area contributed by atoms with Gasteiger partial charge in [-0.15, -0.1) is 0 Å². The number of hydrogen-bond acceptors (Lipinski definition) is 3. The van der Waals surface area contributed by atoms with Crippen LogP contribution in [0.4, 0.5) is 5.82 Å². The van der Waals surface area contributed by atoms with Crippen LogP contribution in [0.3, 0.4) is 0 Å². The summed E-state index contributed by atoms with van der Waals surface area (Å²) >= 11 is 6.03. The maximum Gasteiger partial charge on any atom is 0.230 e. The summed E-state index contributed by atoms with van der Waals surface area (Å²) in [6.07, 6.45) is 8.33. The summed E-state index contributed by atoms with van der Waals surface area (Å²) in [7, 11) is 0. The zero-order valence-electron chi connectivity index (χ0n) is 15.6. The van der Waals surface area contributed by atoms with Gasteiger partial charge in [0.25, 0.3) is 0 Å². The van der Waals surface area contributed by atoms with Gasteiger partial charge in [0.2, 0.25) is 5.91 Å². The highest BCUT2D eigenvalue weighted by Gasteiger charge is 2.42. The van der Waals surface area contributed by atoms with Gasteiger partial charge in [-0.2, -0.15) is 0 Å². The van der Waals surface area contributed by atoms with Crippen LogP contribution in [0.2, 0.25) is 5.02 Å². The first-order valence-corrected chi connectivity index (χ1v) is 10.3. The number of aromatic nitrogens is 1. The van der Waals surface area contributed by atoms with E-state index in [-0.39, 0.29) is 5.91 Å². The molecule has 0 radical (unpaired) electrons. The Kier molecular flexibility index (Phi) is 5.35. The summed E-state index contributed by atoms with van der Waals surface area (Å²) in [5, 5.41) is 3.86. The number of benzene rings is 1. The third-order valence-corrected chi connectivity index (χ3v) is 6.23. The molecule has 0 bridgehead atoms. The van der Waals surface area contributed by atoms with Crippen LogP contribution in [0.5, 0.6) is 0 Å². The minimum atomic E-state index is -0.423. The molecule has 1 aromatic carbocycles. The maximum atomic E-state index is 13.1. The Bertz CT molecular complexity index is 776. The zero-order chi connectivity index (χ0) is 18.7. The highest BCUT2D eigenvalue weighted by atomic mass is 35.5. The van der Waals surface area contributed by atoms with Gasteiger partial charge in [-0.3, -0.25) is 4.79 Å². The fraction of sp³-hybridized carbons (Fsp3) is 0.455. The van der Waals surface area contributed by atoms with E-state index in [9.17, 15) is 4.79 Å². The molecule has 2 aliphatic rings. The first-order chi connectivity index (χ1) is 13.2. The quantitative estimate of drug-likeness (QED) is 0.828. The van der Waals surface area contributed by atoms with Crippen molar-refractivity contribution in [1.82, 2.24) is 10.3 Å². The molecule has 2 heterocycles. The summed E-state index contributed by atoms with van der Waals surface area (Å²) in [6, 6.07) is 11.9. The van der Waals surface area contributed by atoms with Crippen molar-refractivity contribution in [1.29, 1.82) is 0 Å². The van der Waals surface area contributed by atoms with Crippen molar-refractivity contribution in [2.24, 2.45) is 0 Å². The second kappa shape index (κ2) is 7.89. The number of anilines is 1. The Hall–Kier alpha value is -2.07. The highest BCUT2D eigenvalue weighted by molar-refractivity contribution is 6.30. The molecule has 0 atom stereocenters. The molecule has 4 rings (SSSR count). The average Bonchev–Trinajstić information content (AvgIpc) is 3.40. The fourth-order valence-corrected chi connectivity index (χ4v) is 4.53. The van der Waals surface area contributed by atoms with Crippen LogP contribution in [0.15, 0.2) is 42.6 Å². The molecule has 1 saturated heterocycles. The second-order valence-corrected chi connectivity index (χ2v) is 8.13. The molecule has 142 valence electrons. The van der Waals surface area contributed by atoms with Gasteiger partial charge in [-0.25, -0.2) is 4.98 Å². The predicted octanol–water partition coefficient (Wildman–Crippen LogP) is 4.46. The van der Waals surface area contributed by atoms with Crippen molar-refractivity contribution in [3.8, 4) is 0 Å². The van der Waals surface area contributed by atoms with E-state index in [0.29, 0.717) is 11.6 Å². The summed E-state index contributed by atoms with van der Waals surface area (Å²) < 4.78 is 0. The number of hydrogen-bond donors (Lipinski definition) is 1. The van der Waals surface area contributed by atoms with Crippen LogP contribution in [0.1, 0.15) is 49.7 Å². The van der Waals surface area contributed by atoms with Gasteiger partial charge >= 0.3 is 0 Å². The van der Waals surface area contributed by atoms with Gasteiger partial charge in [0.1, 0.15) is 5.82 Å². The van der Waals surface area contributed by atoms with Crippen LogP contribution < -0.4 is 10.2 Å². The normalized spacial score (nSPS) is 18.6. The lowest BCUT2D eigenvalue weighted by atomic mass is 9.78. The van der Waals surface area contributed by atoms with E-state index in [1.165, 1.54) is 12.8 Å². The summed E-state index contributed by atoms with van der Waals surface area (Å²) in [5.74, 6) is 1.15. The lowest BCUT2D eigenvalue weighted by molar-refractivity contribution is -0.126. The molecule has 1 aliphatic carbocycles. The molecule has 4 nitrogen and oxygen atoms in total. The summed E-state index contributed by atoms with van der Waals surface area (Å²) in [6.45, 7) is 2.70. The highest BCUT2D eigenvalue weighted by Crippen LogP contribution is 2.41. The molecule has 5 heteroatoms. The number of nitrogens with one attached hydrogen (secondary N) is 1. The van der Waals surface area contributed by atoms with Gasteiger partial charge in [0.05, 0.1) is 5.41 Å². The van der Waals surface area contributed by atoms with Gasteiger partial charge in [0, 0.05) is 30.9 Å². The predicted molar refractivity (Wildman–Crippen MR) is 109 cm³/mol. The second-order valence-electron chi connectivity index (χ2n) is 7.70. The number of amides is 1. The van der Waals surface area contributed by atoms with E-state index in [4.69, 9.17) is 11.6 Å². The van der Waals surface area contributed by atoms with Crippen molar-refractivity contribution >= 4 is 23.3 Å². The largest absolute Gasteiger partial charge is 0.357 e. The molecule has 1 amide bonds. The fourth-order valence-electron chi connectivity index (χ4n) is 4.40. The van der Waals surface area contributed by atoms with Crippen LogP contribution in [-0.4, -0.2) is 24.0 Å². The first kappa shape index (κ1) is 18.3. The Morgan fingerprint density at radius 3 is 2.37 bits per heavy atom. The van der Waals surface area contributed by atoms with Gasteiger partial charge < -0.3 is 10.2 Å². The Morgan fingerprint density at radius 1 is 1.04 bits per heavy atom. The molecule has 1 N–H and O–H groups in total. The molecule has 0 unspecified atom stereocenters. The van der Waals surface area contributed by atoms with Gasteiger partial charge in [-0.1, -0.05) is 42.6 Å². The third kappa shape index (κ3) is 3.81. The number of pyridine rings is 1. The lowest BCUT2D eigenvalue weighted by Gasteiger charge is -2.28. The van der Waals surface area contributed by atoms with E-state index >= 15 is 0 Å². The molecule has 1 aliphatic heterocycles. The van der Waals surface area contributed by atoms with Crippen molar-refractivity contribution in [2.75, 3.05) is 18.0 Å². The number of rotatable bonds is 5. The van der Waals surface area contributed by atoms with Crippen LogP contribution in [0.25, 0.3) is 0 Å². The molecular formula is C22H26ClN3O. The third-order valence-electron chi connectivity index (χ3n) is 5.98. The van der Waals surface area contributed by atoms with E-state index in [1.807, 2.05) is 30.5 Å². The minimum Gasteiger partial charge on any atom is -0.357 e. The van der Waals surface area contributed by atoms with Crippen molar-refractivity contribution in [3.63, 3.8) is 0 Å². The maximum absolute atomic E-state index is 13.1. The first-order valence-electron chi connectivity index (χ1n) is 9.92. The smallest absolute Gasteiger partial charge is 0.230 e. The van der Waals surface area contributed by atoms with E-state index in [2.05, 4.69) is 27.3 Å². The van der Waals surface area contributed by atoms with Gasteiger partial charge in [0.15, 0.2) is 0 Å². The average molecular weight is 384 g/mol. The molecular weight excluding hydrogens is 358 g/mol. The van der Waals surface area contributed by atoms with Crippen LogP contribution >= 0.6 is 11.6 Å². The SMILES string of the molecule is O=C(NCc1ccc(N2CCCC2)nc1)C1(c2ccc(Cl)cc2)CCCC1. The minimum absolute atomic E-state index is 0.117. The Labute approximate surface area is 165 Å². The standard InChI is InChI=1S/C22H26ClN3O/c23-19-8-6-18(7-9-19)22(11-1-2-12-22)21(27)25-16-17-5-10-20(24-15-17)26-13-3-4-14-26/h5-10,15H,1-4,11-14,16H2,(H,25,27). The number of carbonyl (C=O) groups is 1. The molecule has 2 fully saturated rings. The monoisotopic (exact) mass is 383 g/mol. The zero-order valence-corrected chi connectivity index (χ0v) is 16.3. The summed E-state index contributed by atoms with van der Waals surface area (Å²) in [5.41, 5.74) is 1.69. The Morgan fingerprint density at radius 2 is 1.74 bits per heavy atom. The topological polar surface area (TPSA) is 45.2 Å². The number of halogens is 1. The molecule has 2 aromatic rings. The van der Waals surface area contributed by atoms with E-state index < -0.39 is 5.41 Å². The van der Waals surface area contributed by atoms with E-state index in [0.717, 1.165) is 55.7 Å². The van der Waals surface area contributed by atoms with Crippen molar-refractivity contribution in [2.45, 2.75) is 50.5 Å².